The van der Waals surface area contributed by atoms with Gasteiger partial charge in [0.1, 0.15) is 6.10 Å². The van der Waals surface area contributed by atoms with Gasteiger partial charge >= 0.3 is 17.9 Å². The van der Waals surface area contributed by atoms with Gasteiger partial charge in [-0.3, -0.25) is 9.59 Å². The highest BCUT2D eigenvalue weighted by Gasteiger charge is 2.53. The first kappa shape index (κ1) is 18.3. The van der Waals surface area contributed by atoms with Crippen LogP contribution in [0.15, 0.2) is 0 Å². The molecule has 5 atom stereocenters. The highest BCUT2D eigenvalue weighted by atomic mass is 16.7. The molecule has 1 fully saturated rings. The van der Waals surface area contributed by atoms with Crippen molar-refractivity contribution in [3.63, 3.8) is 0 Å². The summed E-state index contributed by atoms with van der Waals surface area (Å²) >= 11 is 0. The molecule has 0 aromatic heterocycles. The molecule has 0 amide bonds. The second kappa shape index (κ2) is 8.06. The number of ether oxygens (including phenoxy) is 6. The van der Waals surface area contributed by atoms with E-state index in [-0.39, 0.29) is 0 Å². The molecule has 0 aromatic carbocycles. The van der Waals surface area contributed by atoms with Crippen LogP contribution in [0.2, 0.25) is 0 Å². The highest BCUT2D eigenvalue weighted by molar-refractivity contribution is 5.76. The molecule has 0 aromatic rings. The van der Waals surface area contributed by atoms with Crippen molar-refractivity contribution in [1.82, 2.24) is 0 Å². The monoisotopic (exact) mass is 320 g/mol. The number of carbonyl (C=O) groups is 3. The van der Waals surface area contributed by atoms with E-state index in [1.807, 2.05) is 0 Å². The van der Waals surface area contributed by atoms with Crippen LogP contribution in [0.4, 0.5) is 0 Å². The van der Waals surface area contributed by atoms with Crippen molar-refractivity contribution < 1.29 is 42.8 Å². The number of esters is 3. The molecular weight excluding hydrogens is 300 g/mol. The predicted molar refractivity (Wildman–Crippen MR) is 69.6 cm³/mol. The summed E-state index contributed by atoms with van der Waals surface area (Å²) in [5, 5.41) is 0. The Bertz CT molecular complexity index is 422. The largest absolute Gasteiger partial charge is 0.467 e. The molecule has 0 spiro atoms. The molecule has 1 heterocycles. The Morgan fingerprint density at radius 1 is 0.818 bits per heavy atom. The van der Waals surface area contributed by atoms with Crippen LogP contribution in [0.5, 0.6) is 0 Å². The minimum absolute atomic E-state index is 0.601. The van der Waals surface area contributed by atoms with E-state index in [2.05, 4.69) is 4.74 Å². The zero-order valence-corrected chi connectivity index (χ0v) is 13.1. The van der Waals surface area contributed by atoms with E-state index in [4.69, 9.17) is 23.7 Å². The number of hydrogen-bond acceptors (Lipinski definition) is 9. The van der Waals surface area contributed by atoms with Crippen molar-refractivity contribution in [3.05, 3.63) is 0 Å². The van der Waals surface area contributed by atoms with Gasteiger partial charge in [-0.2, -0.15) is 0 Å². The highest BCUT2D eigenvalue weighted by Crippen LogP contribution is 2.29. The number of carbonyl (C=O) groups excluding carboxylic acids is 3. The maximum Gasteiger partial charge on any atom is 0.339 e. The summed E-state index contributed by atoms with van der Waals surface area (Å²) in [6, 6.07) is 0. The first-order chi connectivity index (χ1) is 10.3. The third-order valence-corrected chi connectivity index (χ3v) is 3.04. The van der Waals surface area contributed by atoms with Crippen LogP contribution in [0.1, 0.15) is 13.8 Å². The first-order valence-corrected chi connectivity index (χ1v) is 6.49. The van der Waals surface area contributed by atoms with E-state index in [0.29, 0.717) is 0 Å². The Kier molecular flexibility index (Phi) is 6.72. The van der Waals surface area contributed by atoms with Crippen molar-refractivity contribution in [2.45, 2.75) is 44.6 Å². The van der Waals surface area contributed by atoms with Gasteiger partial charge in [0, 0.05) is 28.1 Å². The van der Waals surface area contributed by atoms with Gasteiger partial charge in [-0.1, -0.05) is 0 Å². The van der Waals surface area contributed by atoms with Crippen molar-refractivity contribution >= 4 is 17.9 Å². The van der Waals surface area contributed by atoms with Gasteiger partial charge in [0.2, 0.25) is 0 Å². The number of rotatable bonds is 5. The first-order valence-electron chi connectivity index (χ1n) is 6.49. The molecule has 9 heteroatoms. The van der Waals surface area contributed by atoms with Gasteiger partial charge in [0.25, 0.3) is 0 Å². The zero-order valence-electron chi connectivity index (χ0n) is 13.1. The normalized spacial score (nSPS) is 31.2. The quantitative estimate of drug-likeness (QED) is 0.485. The smallest absolute Gasteiger partial charge is 0.339 e. The average Bonchev–Trinajstić information content (AvgIpc) is 2.45. The summed E-state index contributed by atoms with van der Waals surface area (Å²) in [7, 11) is 3.80. The lowest BCUT2D eigenvalue weighted by molar-refractivity contribution is -0.297. The molecule has 0 N–H and O–H groups in total. The fourth-order valence-electron chi connectivity index (χ4n) is 2.21. The molecule has 1 aliphatic rings. The van der Waals surface area contributed by atoms with Gasteiger partial charge in [-0.15, -0.1) is 0 Å². The Hall–Kier alpha value is -1.71. The molecule has 0 saturated carbocycles. The van der Waals surface area contributed by atoms with Gasteiger partial charge in [0.15, 0.2) is 24.6 Å². The molecule has 1 aliphatic heterocycles. The number of methoxy groups -OCH3 is 3. The van der Waals surface area contributed by atoms with Crippen LogP contribution in [0.3, 0.4) is 0 Å². The predicted octanol–water partition coefficient (Wildman–Crippen LogP) is -0.591. The van der Waals surface area contributed by atoms with Crippen molar-refractivity contribution in [2.24, 2.45) is 0 Å². The van der Waals surface area contributed by atoms with Gasteiger partial charge in [-0.25, -0.2) is 4.79 Å². The molecular formula is C13H20O9. The van der Waals surface area contributed by atoms with Crippen LogP contribution in [0, 0.1) is 0 Å². The van der Waals surface area contributed by atoms with Crippen LogP contribution < -0.4 is 0 Å². The van der Waals surface area contributed by atoms with Crippen LogP contribution in [-0.2, 0) is 42.8 Å². The lowest BCUT2D eigenvalue weighted by Crippen LogP contribution is -2.63. The fourth-order valence-corrected chi connectivity index (χ4v) is 2.21. The second-order valence-electron chi connectivity index (χ2n) is 4.53. The van der Waals surface area contributed by atoms with E-state index in [1.54, 1.807) is 0 Å². The molecule has 22 heavy (non-hydrogen) atoms. The Morgan fingerprint density at radius 3 is 1.77 bits per heavy atom. The van der Waals surface area contributed by atoms with Crippen molar-refractivity contribution in [3.8, 4) is 0 Å². The summed E-state index contributed by atoms with van der Waals surface area (Å²) in [6.07, 6.45) is -5.47. The molecule has 0 unspecified atom stereocenters. The van der Waals surface area contributed by atoms with Gasteiger partial charge < -0.3 is 28.4 Å². The van der Waals surface area contributed by atoms with E-state index in [1.165, 1.54) is 28.1 Å². The molecule has 0 bridgehead atoms. The average molecular weight is 320 g/mol. The summed E-state index contributed by atoms with van der Waals surface area (Å²) in [5.74, 6) is -2.02. The van der Waals surface area contributed by atoms with Gasteiger partial charge in [-0.05, 0) is 0 Å². The van der Waals surface area contributed by atoms with E-state index in [0.717, 1.165) is 7.11 Å². The van der Waals surface area contributed by atoms with Crippen molar-refractivity contribution in [1.29, 1.82) is 0 Å². The molecule has 9 nitrogen and oxygen atoms in total. The third kappa shape index (κ3) is 4.15. The minimum Gasteiger partial charge on any atom is -0.467 e. The Labute approximate surface area is 127 Å². The Morgan fingerprint density at radius 2 is 1.36 bits per heavy atom. The van der Waals surface area contributed by atoms with E-state index >= 15 is 0 Å². The summed E-state index contributed by atoms with van der Waals surface area (Å²) in [6.45, 7) is 2.37. The number of hydrogen-bond donors (Lipinski definition) is 0. The second-order valence-corrected chi connectivity index (χ2v) is 4.53. The third-order valence-electron chi connectivity index (χ3n) is 3.04. The van der Waals surface area contributed by atoms with Crippen LogP contribution in [-0.4, -0.2) is 69.9 Å². The van der Waals surface area contributed by atoms with Crippen molar-refractivity contribution in [2.75, 3.05) is 21.3 Å². The maximum absolute atomic E-state index is 11.9. The van der Waals surface area contributed by atoms with Crippen LogP contribution in [0.25, 0.3) is 0 Å². The standard InChI is InChI=1S/C13H20O9/c1-6(14)20-9-8(17-3)11(21-7(2)15)13(19-5)22-10(9)12(16)18-4/h8-11,13H,1-5H3/t8-,9+,10-,11+,13-/m0/s1. The molecule has 1 saturated heterocycles. The lowest BCUT2D eigenvalue weighted by Gasteiger charge is -2.42. The maximum atomic E-state index is 11.9. The summed E-state index contributed by atoms with van der Waals surface area (Å²) in [5.41, 5.74) is 0. The topological polar surface area (TPSA) is 107 Å². The van der Waals surface area contributed by atoms with E-state index < -0.39 is 48.6 Å². The molecule has 126 valence electrons. The SMILES string of the molecule is COC(=O)[C@H]1O[C@H](OC)[C@H](OC(C)=O)[C@@H](OC)[C@H]1OC(C)=O. The minimum atomic E-state index is -1.27. The fraction of sp³-hybridized carbons (Fsp3) is 0.769. The van der Waals surface area contributed by atoms with E-state index in [9.17, 15) is 14.4 Å². The lowest BCUT2D eigenvalue weighted by atomic mass is 9.98. The van der Waals surface area contributed by atoms with Gasteiger partial charge in [0.05, 0.1) is 7.11 Å². The Balaban J connectivity index is 3.15. The molecule has 0 radical (unpaired) electrons. The molecule has 0 aliphatic carbocycles. The zero-order chi connectivity index (χ0) is 16.9. The summed E-state index contributed by atoms with van der Waals surface area (Å²) in [4.78, 5) is 34.4. The molecule has 1 rings (SSSR count). The summed E-state index contributed by atoms with van der Waals surface area (Å²) < 4.78 is 30.6. The van der Waals surface area contributed by atoms with Crippen LogP contribution >= 0.6 is 0 Å².